The van der Waals surface area contributed by atoms with Gasteiger partial charge in [-0.15, -0.1) is 0 Å². The van der Waals surface area contributed by atoms with Gasteiger partial charge in [-0.3, -0.25) is 0 Å². The summed E-state index contributed by atoms with van der Waals surface area (Å²) >= 11 is 6.08. The average Bonchev–Trinajstić information content (AvgIpc) is 2.18. The molecule has 0 atom stereocenters. The van der Waals surface area contributed by atoms with Gasteiger partial charge in [-0.05, 0) is 13.0 Å². The van der Waals surface area contributed by atoms with Crippen LogP contribution in [0.25, 0.3) is 10.9 Å². The maximum absolute atomic E-state index is 6.08. The lowest BCUT2D eigenvalue weighted by Crippen LogP contribution is -1.94. The Bertz CT molecular complexity index is 456. The number of hydrogen-bond acceptors (Lipinski definition) is 2. The van der Waals surface area contributed by atoms with E-state index in [4.69, 9.17) is 16.3 Å². The minimum atomic E-state index is 0.580. The second kappa shape index (κ2) is 3.84. The van der Waals surface area contributed by atoms with E-state index in [1.165, 1.54) is 0 Å². The summed E-state index contributed by atoms with van der Waals surface area (Å²) in [7, 11) is 0. The van der Waals surface area contributed by atoms with E-state index in [1.807, 2.05) is 31.2 Å². The van der Waals surface area contributed by atoms with Crippen LogP contribution in [0, 0.1) is 0 Å². The summed E-state index contributed by atoms with van der Waals surface area (Å²) in [4.78, 5) is 4.32. The maximum atomic E-state index is 6.08. The number of fused-ring (bicyclic) bond motifs is 1. The molecule has 0 spiro atoms. The number of ether oxygens (including phenoxy) is 1. The summed E-state index contributed by atoms with van der Waals surface area (Å²) in [6, 6.07) is 9.48. The molecule has 0 aliphatic carbocycles. The predicted octanol–water partition coefficient (Wildman–Crippen LogP) is 3.29. The van der Waals surface area contributed by atoms with Crippen LogP contribution < -0.4 is 4.74 Å². The third-order valence-electron chi connectivity index (χ3n) is 1.93. The first-order valence-electron chi connectivity index (χ1n) is 4.49. The Labute approximate surface area is 87.5 Å². The first-order valence-corrected chi connectivity index (χ1v) is 4.87. The quantitative estimate of drug-likeness (QED) is 0.754. The van der Waals surface area contributed by atoms with Crippen LogP contribution in [0.3, 0.4) is 0 Å². The van der Waals surface area contributed by atoms with E-state index in [0.717, 1.165) is 10.9 Å². The number of nitrogens with zero attached hydrogens (tertiary/aromatic N) is 1. The van der Waals surface area contributed by atoms with Crippen molar-refractivity contribution in [2.24, 2.45) is 0 Å². The van der Waals surface area contributed by atoms with Gasteiger partial charge in [-0.2, -0.15) is 0 Å². The van der Waals surface area contributed by atoms with E-state index >= 15 is 0 Å². The first kappa shape index (κ1) is 9.28. The second-order valence-corrected chi connectivity index (χ2v) is 3.30. The Kier molecular flexibility index (Phi) is 2.55. The molecule has 2 rings (SSSR count). The summed E-state index contributed by atoms with van der Waals surface area (Å²) in [5.41, 5.74) is 0.864. The monoisotopic (exact) mass is 207 g/mol. The standard InChI is InChI=1S/C11H10ClNO/c1-2-14-11-7-9(12)8-5-3-4-6-10(8)13-11/h3-7H,2H2,1H3. The largest absolute Gasteiger partial charge is 0.478 e. The van der Waals surface area contributed by atoms with Crippen LogP contribution in [-0.4, -0.2) is 11.6 Å². The van der Waals surface area contributed by atoms with Crippen molar-refractivity contribution in [2.45, 2.75) is 6.92 Å². The predicted molar refractivity (Wildman–Crippen MR) is 57.9 cm³/mol. The van der Waals surface area contributed by atoms with Crippen molar-refractivity contribution in [3.8, 4) is 5.88 Å². The Morgan fingerprint density at radius 1 is 1.36 bits per heavy atom. The molecule has 1 aromatic heterocycles. The third kappa shape index (κ3) is 1.66. The smallest absolute Gasteiger partial charge is 0.215 e. The van der Waals surface area contributed by atoms with Gasteiger partial charge in [-0.1, -0.05) is 29.8 Å². The van der Waals surface area contributed by atoms with Gasteiger partial charge in [-0.25, -0.2) is 4.98 Å². The molecule has 0 bridgehead atoms. The molecule has 1 heterocycles. The van der Waals surface area contributed by atoms with Crippen LogP contribution in [0.5, 0.6) is 5.88 Å². The summed E-state index contributed by atoms with van der Waals surface area (Å²) in [6.07, 6.45) is 0. The summed E-state index contributed by atoms with van der Waals surface area (Å²) < 4.78 is 5.30. The summed E-state index contributed by atoms with van der Waals surface area (Å²) in [5, 5.41) is 1.64. The fourth-order valence-electron chi connectivity index (χ4n) is 1.33. The van der Waals surface area contributed by atoms with E-state index in [2.05, 4.69) is 4.98 Å². The van der Waals surface area contributed by atoms with Crippen LogP contribution in [-0.2, 0) is 0 Å². The summed E-state index contributed by atoms with van der Waals surface area (Å²) in [6.45, 7) is 2.52. The van der Waals surface area contributed by atoms with Gasteiger partial charge in [0.1, 0.15) is 0 Å². The lowest BCUT2D eigenvalue weighted by Gasteiger charge is -2.04. The van der Waals surface area contributed by atoms with Gasteiger partial charge in [0.15, 0.2) is 0 Å². The van der Waals surface area contributed by atoms with E-state index in [-0.39, 0.29) is 0 Å². The number of aromatic nitrogens is 1. The Hall–Kier alpha value is -1.28. The van der Waals surface area contributed by atoms with Gasteiger partial charge in [0.05, 0.1) is 17.1 Å². The molecule has 0 aliphatic rings. The molecule has 72 valence electrons. The lowest BCUT2D eigenvalue weighted by atomic mass is 10.2. The molecule has 0 aliphatic heterocycles. The Morgan fingerprint density at radius 2 is 2.14 bits per heavy atom. The number of halogens is 1. The van der Waals surface area contributed by atoms with E-state index < -0.39 is 0 Å². The maximum Gasteiger partial charge on any atom is 0.215 e. The van der Waals surface area contributed by atoms with Crippen molar-refractivity contribution in [1.29, 1.82) is 0 Å². The molecule has 0 unspecified atom stereocenters. The highest BCUT2D eigenvalue weighted by atomic mass is 35.5. The van der Waals surface area contributed by atoms with Crippen molar-refractivity contribution < 1.29 is 4.74 Å². The molecule has 0 radical (unpaired) electrons. The van der Waals surface area contributed by atoms with Gasteiger partial charge in [0.2, 0.25) is 5.88 Å². The van der Waals surface area contributed by atoms with Gasteiger partial charge < -0.3 is 4.74 Å². The highest BCUT2D eigenvalue weighted by Crippen LogP contribution is 2.25. The van der Waals surface area contributed by atoms with E-state index in [9.17, 15) is 0 Å². The van der Waals surface area contributed by atoms with Gasteiger partial charge >= 0.3 is 0 Å². The van der Waals surface area contributed by atoms with Crippen molar-refractivity contribution in [3.05, 3.63) is 35.4 Å². The molecule has 0 N–H and O–H groups in total. The first-order chi connectivity index (χ1) is 6.81. The molecular formula is C11H10ClNO. The molecular weight excluding hydrogens is 198 g/mol. The lowest BCUT2D eigenvalue weighted by molar-refractivity contribution is 0.328. The van der Waals surface area contributed by atoms with E-state index in [0.29, 0.717) is 17.5 Å². The molecule has 3 heteroatoms. The molecule has 0 fully saturated rings. The Morgan fingerprint density at radius 3 is 2.93 bits per heavy atom. The average molecular weight is 208 g/mol. The van der Waals surface area contributed by atoms with Crippen LogP contribution in [0.4, 0.5) is 0 Å². The molecule has 0 saturated carbocycles. The molecule has 1 aromatic carbocycles. The SMILES string of the molecule is CCOc1cc(Cl)c2ccccc2n1. The van der Waals surface area contributed by atoms with Gasteiger partial charge in [0.25, 0.3) is 0 Å². The molecule has 2 aromatic rings. The summed E-state index contributed by atoms with van der Waals surface area (Å²) in [5.74, 6) is 0.580. The minimum absolute atomic E-state index is 0.580. The van der Waals surface area contributed by atoms with Crippen LogP contribution in [0.2, 0.25) is 5.02 Å². The normalized spacial score (nSPS) is 10.4. The van der Waals surface area contributed by atoms with Crippen molar-refractivity contribution in [3.63, 3.8) is 0 Å². The number of para-hydroxylation sites is 1. The van der Waals surface area contributed by atoms with Crippen molar-refractivity contribution >= 4 is 22.5 Å². The second-order valence-electron chi connectivity index (χ2n) is 2.89. The van der Waals surface area contributed by atoms with E-state index in [1.54, 1.807) is 6.07 Å². The van der Waals surface area contributed by atoms with Gasteiger partial charge in [0, 0.05) is 11.5 Å². The topological polar surface area (TPSA) is 22.1 Å². The highest BCUT2D eigenvalue weighted by Gasteiger charge is 2.03. The van der Waals surface area contributed by atoms with Crippen LogP contribution in [0.1, 0.15) is 6.92 Å². The molecule has 2 nitrogen and oxygen atoms in total. The number of pyridine rings is 1. The van der Waals surface area contributed by atoms with Crippen LogP contribution >= 0.6 is 11.6 Å². The van der Waals surface area contributed by atoms with Crippen molar-refractivity contribution in [1.82, 2.24) is 4.98 Å². The minimum Gasteiger partial charge on any atom is -0.478 e. The number of rotatable bonds is 2. The highest BCUT2D eigenvalue weighted by molar-refractivity contribution is 6.35. The molecule has 14 heavy (non-hydrogen) atoms. The number of hydrogen-bond donors (Lipinski definition) is 0. The zero-order chi connectivity index (χ0) is 9.97. The Balaban J connectivity index is 2.60. The van der Waals surface area contributed by atoms with Crippen molar-refractivity contribution in [2.75, 3.05) is 6.61 Å². The number of benzene rings is 1. The fraction of sp³-hybridized carbons (Fsp3) is 0.182. The zero-order valence-electron chi connectivity index (χ0n) is 7.83. The fourth-order valence-corrected chi connectivity index (χ4v) is 1.59. The van der Waals surface area contributed by atoms with Crippen LogP contribution in [0.15, 0.2) is 30.3 Å². The zero-order valence-corrected chi connectivity index (χ0v) is 8.58. The third-order valence-corrected chi connectivity index (χ3v) is 2.25. The molecule has 0 amide bonds. The molecule has 0 saturated heterocycles.